The molecule has 2 fully saturated rings. The predicted molar refractivity (Wildman–Crippen MR) is 84.9 cm³/mol. The Labute approximate surface area is 137 Å². The maximum Gasteiger partial charge on any atom is 0.246 e. The van der Waals surface area contributed by atoms with Crippen molar-refractivity contribution in [3.8, 4) is 5.75 Å². The molecule has 2 aliphatic heterocycles. The monoisotopic (exact) mass is 341 g/mol. The smallest absolute Gasteiger partial charge is 0.246 e. The van der Waals surface area contributed by atoms with Gasteiger partial charge in [-0.15, -0.1) is 0 Å². The van der Waals surface area contributed by atoms with Gasteiger partial charge in [-0.1, -0.05) is 12.1 Å². The Bertz CT molecular complexity index is 630. The van der Waals surface area contributed by atoms with Gasteiger partial charge in [0, 0.05) is 25.9 Å². The standard InChI is InChI=1S/C16H23NO5S/c1-2-20-14-6-3-4-7-15(14)23(18,19)17-10-8-16(9-11-17)21-12-5-13-22-16/h3-4,6-7H,2,5,8-13H2,1H3. The van der Waals surface area contributed by atoms with E-state index in [9.17, 15) is 8.42 Å². The lowest BCUT2D eigenvalue weighted by atomic mass is 10.0. The van der Waals surface area contributed by atoms with Gasteiger partial charge in [0.2, 0.25) is 10.0 Å². The summed E-state index contributed by atoms with van der Waals surface area (Å²) in [4.78, 5) is 0.225. The number of ether oxygens (including phenoxy) is 3. The van der Waals surface area contributed by atoms with Crippen molar-refractivity contribution in [2.45, 2.75) is 36.9 Å². The van der Waals surface area contributed by atoms with Crippen LogP contribution in [0.25, 0.3) is 0 Å². The van der Waals surface area contributed by atoms with Gasteiger partial charge in [-0.25, -0.2) is 8.42 Å². The number of hydrogen-bond donors (Lipinski definition) is 0. The summed E-state index contributed by atoms with van der Waals surface area (Å²) in [5, 5.41) is 0. The Morgan fingerprint density at radius 2 is 1.83 bits per heavy atom. The maximum atomic E-state index is 12.9. The van der Waals surface area contributed by atoms with E-state index in [0.717, 1.165) is 6.42 Å². The van der Waals surface area contributed by atoms with Crippen LogP contribution in [0.3, 0.4) is 0 Å². The summed E-state index contributed by atoms with van der Waals surface area (Å²) in [6.45, 7) is 4.41. The first-order chi connectivity index (χ1) is 11.1. The molecule has 0 aromatic heterocycles. The molecule has 0 bridgehead atoms. The van der Waals surface area contributed by atoms with Gasteiger partial charge in [-0.2, -0.15) is 4.31 Å². The summed E-state index contributed by atoms with van der Waals surface area (Å²) in [6.07, 6.45) is 2.01. The minimum atomic E-state index is -3.57. The van der Waals surface area contributed by atoms with Crippen LogP contribution in [0.5, 0.6) is 5.75 Å². The fraction of sp³-hybridized carbons (Fsp3) is 0.625. The van der Waals surface area contributed by atoms with E-state index in [1.165, 1.54) is 4.31 Å². The molecule has 0 unspecified atom stereocenters. The topological polar surface area (TPSA) is 65.1 Å². The van der Waals surface area contributed by atoms with Crippen LogP contribution < -0.4 is 4.74 Å². The third-order valence-electron chi connectivity index (χ3n) is 4.27. The molecule has 0 radical (unpaired) electrons. The number of piperidine rings is 1. The molecule has 128 valence electrons. The minimum Gasteiger partial charge on any atom is -0.492 e. The van der Waals surface area contributed by atoms with Gasteiger partial charge >= 0.3 is 0 Å². The van der Waals surface area contributed by atoms with Crippen LogP contribution in [0.15, 0.2) is 29.2 Å². The highest BCUT2D eigenvalue weighted by molar-refractivity contribution is 7.89. The first-order valence-corrected chi connectivity index (χ1v) is 9.51. The van der Waals surface area contributed by atoms with Crippen LogP contribution in [-0.2, 0) is 19.5 Å². The van der Waals surface area contributed by atoms with Crippen LogP contribution >= 0.6 is 0 Å². The zero-order valence-electron chi connectivity index (χ0n) is 13.4. The number of hydrogen-bond acceptors (Lipinski definition) is 5. The molecule has 0 amide bonds. The van der Waals surface area contributed by atoms with E-state index in [4.69, 9.17) is 14.2 Å². The highest BCUT2D eigenvalue weighted by Crippen LogP contribution is 2.34. The third-order valence-corrected chi connectivity index (χ3v) is 6.21. The first kappa shape index (κ1) is 16.7. The van der Waals surface area contributed by atoms with Crippen molar-refractivity contribution >= 4 is 10.0 Å². The third kappa shape index (κ3) is 3.38. The highest BCUT2D eigenvalue weighted by atomic mass is 32.2. The Morgan fingerprint density at radius 3 is 2.48 bits per heavy atom. The van der Waals surface area contributed by atoms with E-state index in [2.05, 4.69) is 0 Å². The molecule has 6 nitrogen and oxygen atoms in total. The Balaban J connectivity index is 1.77. The lowest BCUT2D eigenvalue weighted by Gasteiger charge is -2.42. The number of para-hydroxylation sites is 1. The van der Waals surface area contributed by atoms with Crippen molar-refractivity contribution in [1.29, 1.82) is 0 Å². The van der Waals surface area contributed by atoms with E-state index in [1.807, 2.05) is 6.92 Å². The molecule has 0 saturated carbocycles. The lowest BCUT2D eigenvalue weighted by molar-refractivity contribution is -0.280. The summed E-state index contributed by atoms with van der Waals surface area (Å²) < 4.78 is 44.3. The van der Waals surface area contributed by atoms with Crippen molar-refractivity contribution in [2.75, 3.05) is 32.9 Å². The molecular formula is C16H23NO5S. The molecule has 0 N–H and O–H groups in total. The van der Waals surface area contributed by atoms with Gasteiger partial charge in [0.25, 0.3) is 0 Å². The predicted octanol–water partition coefficient (Wildman–Crippen LogP) is 2.00. The molecule has 3 rings (SSSR count). The van der Waals surface area contributed by atoms with Crippen molar-refractivity contribution < 1.29 is 22.6 Å². The number of nitrogens with zero attached hydrogens (tertiary/aromatic N) is 1. The SMILES string of the molecule is CCOc1ccccc1S(=O)(=O)N1CCC2(CC1)OCCCO2. The van der Waals surface area contributed by atoms with E-state index in [-0.39, 0.29) is 4.90 Å². The minimum absolute atomic E-state index is 0.225. The lowest BCUT2D eigenvalue weighted by Crippen LogP contribution is -2.51. The summed E-state index contributed by atoms with van der Waals surface area (Å²) in [6, 6.07) is 6.78. The molecule has 0 atom stereocenters. The highest BCUT2D eigenvalue weighted by Gasteiger charge is 2.42. The summed E-state index contributed by atoms with van der Waals surface area (Å²) in [5.74, 6) is -0.190. The second-order valence-electron chi connectivity index (χ2n) is 5.74. The average molecular weight is 341 g/mol. The molecule has 1 spiro atoms. The van der Waals surface area contributed by atoms with E-state index in [1.54, 1.807) is 24.3 Å². The van der Waals surface area contributed by atoms with Gasteiger partial charge < -0.3 is 14.2 Å². The van der Waals surface area contributed by atoms with E-state index < -0.39 is 15.8 Å². The normalized spacial score (nSPS) is 22.1. The molecule has 1 aromatic rings. The van der Waals surface area contributed by atoms with E-state index >= 15 is 0 Å². The van der Waals surface area contributed by atoms with Crippen molar-refractivity contribution in [3.05, 3.63) is 24.3 Å². The van der Waals surface area contributed by atoms with Crippen molar-refractivity contribution in [3.63, 3.8) is 0 Å². The molecule has 2 heterocycles. The number of sulfonamides is 1. The molecule has 1 aromatic carbocycles. The maximum absolute atomic E-state index is 12.9. The molecule has 23 heavy (non-hydrogen) atoms. The quantitative estimate of drug-likeness (QED) is 0.838. The number of benzene rings is 1. The van der Waals surface area contributed by atoms with Gasteiger partial charge in [-0.05, 0) is 25.5 Å². The Morgan fingerprint density at radius 1 is 1.17 bits per heavy atom. The zero-order chi connectivity index (χ0) is 16.3. The van der Waals surface area contributed by atoms with Crippen LogP contribution in [0, 0.1) is 0 Å². The molecule has 2 saturated heterocycles. The fourth-order valence-electron chi connectivity index (χ4n) is 3.05. The van der Waals surface area contributed by atoms with Gasteiger partial charge in [0.15, 0.2) is 5.79 Å². The Hall–Kier alpha value is -1.15. The molecule has 2 aliphatic rings. The van der Waals surface area contributed by atoms with Crippen LogP contribution in [0.1, 0.15) is 26.2 Å². The number of rotatable bonds is 4. The van der Waals surface area contributed by atoms with Crippen LogP contribution in [0.4, 0.5) is 0 Å². The molecule has 0 aliphatic carbocycles. The van der Waals surface area contributed by atoms with Crippen LogP contribution in [0.2, 0.25) is 0 Å². The largest absolute Gasteiger partial charge is 0.492 e. The first-order valence-electron chi connectivity index (χ1n) is 8.07. The van der Waals surface area contributed by atoms with Crippen molar-refractivity contribution in [1.82, 2.24) is 4.31 Å². The van der Waals surface area contributed by atoms with Gasteiger partial charge in [-0.3, -0.25) is 0 Å². The summed E-state index contributed by atoms with van der Waals surface area (Å²) in [5.41, 5.74) is 0. The summed E-state index contributed by atoms with van der Waals surface area (Å²) >= 11 is 0. The molecular weight excluding hydrogens is 318 g/mol. The van der Waals surface area contributed by atoms with Crippen molar-refractivity contribution in [2.24, 2.45) is 0 Å². The van der Waals surface area contributed by atoms with E-state index in [0.29, 0.717) is 51.5 Å². The Kier molecular flexibility index (Phi) is 4.91. The van der Waals surface area contributed by atoms with Gasteiger partial charge in [0.05, 0.1) is 19.8 Å². The fourth-order valence-corrected chi connectivity index (χ4v) is 4.62. The van der Waals surface area contributed by atoms with Gasteiger partial charge in [0.1, 0.15) is 10.6 Å². The van der Waals surface area contributed by atoms with Crippen LogP contribution in [-0.4, -0.2) is 51.4 Å². The average Bonchev–Trinajstić information content (AvgIpc) is 2.57. The second-order valence-corrected chi connectivity index (χ2v) is 7.65. The molecule has 7 heteroatoms. The zero-order valence-corrected chi connectivity index (χ0v) is 14.2. The second kappa shape index (κ2) is 6.76. The summed E-state index contributed by atoms with van der Waals surface area (Å²) in [7, 11) is -3.57.